The van der Waals surface area contributed by atoms with E-state index in [2.05, 4.69) is 25.6 Å². The van der Waals surface area contributed by atoms with E-state index in [1.54, 1.807) is 12.1 Å². The van der Waals surface area contributed by atoms with Gasteiger partial charge in [0.05, 0.1) is 6.54 Å². The molecule has 1 aliphatic rings. The molecular formula is C26H30F6N4O. The van der Waals surface area contributed by atoms with Gasteiger partial charge in [-0.25, -0.2) is 0 Å². The number of rotatable bonds is 9. The molecule has 0 radical (unpaired) electrons. The van der Waals surface area contributed by atoms with Crippen molar-refractivity contribution in [3.63, 3.8) is 0 Å². The number of fused-ring (bicyclic) bond motifs is 1. The second-order valence-electron chi connectivity index (χ2n) is 9.28. The maximum atomic E-state index is 12.7. The molecule has 1 aromatic heterocycles. The van der Waals surface area contributed by atoms with Crippen molar-refractivity contribution in [3.8, 4) is 16.9 Å². The third-order valence-electron chi connectivity index (χ3n) is 6.44. The van der Waals surface area contributed by atoms with Gasteiger partial charge in [-0.2, -0.15) is 13.2 Å². The Hall–Kier alpha value is -2.76. The molecule has 1 N–H and O–H groups in total. The minimum absolute atomic E-state index is 0.278. The number of hydrogen-bond donors (Lipinski definition) is 1. The predicted octanol–water partition coefficient (Wildman–Crippen LogP) is 5.50. The van der Waals surface area contributed by atoms with Gasteiger partial charge >= 0.3 is 12.5 Å². The number of nitrogens with zero attached hydrogens (tertiary/aromatic N) is 3. The number of benzene rings is 2. The van der Waals surface area contributed by atoms with E-state index in [1.807, 2.05) is 25.4 Å². The summed E-state index contributed by atoms with van der Waals surface area (Å²) in [6, 6.07) is 12.0. The van der Waals surface area contributed by atoms with Crippen LogP contribution in [0.5, 0.6) is 5.75 Å². The monoisotopic (exact) mass is 528 g/mol. The molecule has 0 spiro atoms. The van der Waals surface area contributed by atoms with Crippen molar-refractivity contribution in [2.45, 2.75) is 32.0 Å². The van der Waals surface area contributed by atoms with Crippen LogP contribution in [0.2, 0.25) is 0 Å². The molecule has 2 aromatic carbocycles. The molecule has 2 heterocycles. The lowest BCUT2D eigenvalue weighted by Crippen LogP contribution is -2.48. The van der Waals surface area contributed by atoms with Gasteiger partial charge in [0.2, 0.25) is 0 Å². The van der Waals surface area contributed by atoms with Crippen LogP contribution in [0.3, 0.4) is 0 Å². The van der Waals surface area contributed by atoms with Crippen molar-refractivity contribution in [3.05, 3.63) is 54.2 Å². The molecule has 0 atom stereocenters. The first-order valence-corrected chi connectivity index (χ1v) is 12.1. The molecule has 0 saturated carbocycles. The standard InChI is InChI=1S/C26H30F6N4O/c1-33-9-2-10-36-17-23(20-4-6-21(7-5-20)37-26(30,31)32)22-15-19(3-8-24(22)36)16-34-11-13-35(14-12-34)18-25(27,28)29/h3-8,15,17,33H,2,9-14,16,18H2,1H3. The molecule has 5 nitrogen and oxygen atoms in total. The first-order valence-electron chi connectivity index (χ1n) is 12.1. The number of aryl methyl sites for hydroxylation is 1. The molecule has 1 aliphatic heterocycles. The molecule has 4 rings (SSSR count). The van der Waals surface area contributed by atoms with Gasteiger partial charge < -0.3 is 14.6 Å². The van der Waals surface area contributed by atoms with E-state index < -0.39 is 19.1 Å². The van der Waals surface area contributed by atoms with Gasteiger partial charge in [0, 0.05) is 61.9 Å². The van der Waals surface area contributed by atoms with E-state index in [-0.39, 0.29) is 5.75 Å². The van der Waals surface area contributed by atoms with Crippen LogP contribution in [-0.4, -0.2) is 73.2 Å². The maximum absolute atomic E-state index is 12.7. The van der Waals surface area contributed by atoms with Gasteiger partial charge in [-0.15, -0.1) is 13.2 Å². The van der Waals surface area contributed by atoms with Crippen LogP contribution >= 0.6 is 0 Å². The zero-order valence-electron chi connectivity index (χ0n) is 20.5. The minimum atomic E-state index is -4.75. The van der Waals surface area contributed by atoms with Gasteiger partial charge in [-0.1, -0.05) is 18.2 Å². The zero-order chi connectivity index (χ0) is 26.6. The van der Waals surface area contributed by atoms with Crippen LogP contribution in [0.1, 0.15) is 12.0 Å². The van der Waals surface area contributed by atoms with Crippen LogP contribution in [0.15, 0.2) is 48.7 Å². The van der Waals surface area contributed by atoms with Crippen LogP contribution in [0, 0.1) is 0 Å². The number of alkyl halides is 6. The minimum Gasteiger partial charge on any atom is -0.406 e. The van der Waals surface area contributed by atoms with Gasteiger partial charge in [0.1, 0.15) is 5.75 Å². The molecule has 0 unspecified atom stereocenters. The highest BCUT2D eigenvalue weighted by molar-refractivity contribution is 5.96. The van der Waals surface area contributed by atoms with E-state index in [0.717, 1.165) is 47.1 Å². The highest BCUT2D eigenvalue weighted by atomic mass is 19.4. The Balaban J connectivity index is 1.55. The first kappa shape index (κ1) is 27.3. The first-order chi connectivity index (χ1) is 17.5. The van der Waals surface area contributed by atoms with Crippen LogP contribution < -0.4 is 10.1 Å². The molecule has 202 valence electrons. The summed E-state index contributed by atoms with van der Waals surface area (Å²) >= 11 is 0. The Morgan fingerprint density at radius 1 is 0.892 bits per heavy atom. The van der Waals surface area contributed by atoms with Crippen molar-refractivity contribution in [1.82, 2.24) is 19.7 Å². The fraction of sp³-hybridized carbons (Fsp3) is 0.462. The average molecular weight is 529 g/mol. The second-order valence-corrected chi connectivity index (χ2v) is 9.28. The lowest BCUT2D eigenvalue weighted by Gasteiger charge is -2.35. The quantitative estimate of drug-likeness (QED) is 0.294. The molecule has 37 heavy (non-hydrogen) atoms. The van der Waals surface area contributed by atoms with Gasteiger partial charge in [-0.05, 0) is 55.4 Å². The molecular weight excluding hydrogens is 498 g/mol. The normalized spacial score (nSPS) is 16.0. The smallest absolute Gasteiger partial charge is 0.406 e. The van der Waals surface area contributed by atoms with Gasteiger partial charge in [0.25, 0.3) is 0 Å². The summed E-state index contributed by atoms with van der Waals surface area (Å²) in [5.74, 6) is -0.278. The molecule has 3 aromatic rings. The van der Waals surface area contributed by atoms with Crippen LogP contribution in [-0.2, 0) is 13.1 Å². The Labute approximate surface area is 211 Å². The number of piperazine rings is 1. The molecule has 11 heteroatoms. The van der Waals surface area contributed by atoms with Crippen molar-refractivity contribution < 1.29 is 31.1 Å². The summed E-state index contributed by atoms with van der Waals surface area (Å²) in [4.78, 5) is 3.57. The molecule has 0 amide bonds. The van der Waals surface area contributed by atoms with E-state index in [1.165, 1.54) is 17.0 Å². The van der Waals surface area contributed by atoms with E-state index in [0.29, 0.717) is 32.7 Å². The summed E-state index contributed by atoms with van der Waals surface area (Å²) < 4.78 is 81.9. The number of aromatic nitrogens is 1. The lowest BCUT2D eigenvalue weighted by atomic mass is 10.0. The summed E-state index contributed by atoms with van der Waals surface area (Å²) in [5, 5.41) is 4.10. The second kappa shape index (κ2) is 11.3. The van der Waals surface area contributed by atoms with Gasteiger partial charge in [-0.3, -0.25) is 9.80 Å². The summed E-state index contributed by atoms with van der Waals surface area (Å²) in [7, 11) is 1.89. The van der Waals surface area contributed by atoms with E-state index in [4.69, 9.17) is 0 Å². The molecule has 1 fully saturated rings. The molecule has 1 saturated heterocycles. The summed E-state index contributed by atoms with van der Waals surface area (Å²) in [6.45, 7) is 3.16. The maximum Gasteiger partial charge on any atom is 0.573 e. The third kappa shape index (κ3) is 7.62. The topological polar surface area (TPSA) is 32.7 Å². The lowest BCUT2D eigenvalue weighted by molar-refractivity contribution is -0.274. The number of halogens is 6. The van der Waals surface area contributed by atoms with Crippen molar-refractivity contribution >= 4 is 10.9 Å². The van der Waals surface area contributed by atoms with Crippen LogP contribution in [0.4, 0.5) is 26.3 Å². The largest absolute Gasteiger partial charge is 0.573 e. The van der Waals surface area contributed by atoms with Crippen molar-refractivity contribution in [2.75, 3.05) is 46.3 Å². The van der Waals surface area contributed by atoms with E-state index >= 15 is 0 Å². The number of nitrogens with one attached hydrogen (secondary N) is 1. The van der Waals surface area contributed by atoms with Gasteiger partial charge in [0.15, 0.2) is 0 Å². The highest BCUT2D eigenvalue weighted by Gasteiger charge is 2.32. The molecule has 0 aliphatic carbocycles. The Bertz CT molecular complexity index is 1160. The Kier molecular flexibility index (Phi) is 8.35. The Morgan fingerprint density at radius 3 is 2.19 bits per heavy atom. The van der Waals surface area contributed by atoms with Crippen molar-refractivity contribution in [1.29, 1.82) is 0 Å². The highest BCUT2D eigenvalue weighted by Crippen LogP contribution is 2.34. The van der Waals surface area contributed by atoms with Crippen LogP contribution in [0.25, 0.3) is 22.0 Å². The zero-order valence-corrected chi connectivity index (χ0v) is 20.5. The fourth-order valence-electron chi connectivity index (χ4n) is 4.74. The number of ether oxygens (including phenoxy) is 1. The van der Waals surface area contributed by atoms with E-state index in [9.17, 15) is 26.3 Å². The average Bonchev–Trinajstić information content (AvgIpc) is 3.17. The molecule has 0 bridgehead atoms. The SMILES string of the molecule is CNCCCn1cc(-c2ccc(OC(F)(F)F)cc2)c2cc(CN3CCN(CC(F)(F)F)CC3)ccc21. The van der Waals surface area contributed by atoms with Crippen molar-refractivity contribution in [2.24, 2.45) is 0 Å². The Morgan fingerprint density at radius 2 is 1.57 bits per heavy atom. The predicted molar refractivity (Wildman–Crippen MR) is 130 cm³/mol. The number of hydrogen-bond acceptors (Lipinski definition) is 4. The third-order valence-corrected chi connectivity index (χ3v) is 6.44. The fourth-order valence-corrected chi connectivity index (χ4v) is 4.74. The summed E-state index contributed by atoms with van der Waals surface area (Å²) in [6.07, 6.45) is -6.03. The summed E-state index contributed by atoms with van der Waals surface area (Å²) in [5.41, 5.74) is 3.71.